The van der Waals surface area contributed by atoms with E-state index in [1.807, 2.05) is 0 Å². The van der Waals surface area contributed by atoms with Gasteiger partial charge in [0.15, 0.2) is 5.82 Å². The molecule has 1 aromatic heterocycles. The molecule has 0 aliphatic heterocycles. The first-order valence-electron chi connectivity index (χ1n) is 4.82. The molecule has 0 aliphatic rings. The van der Waals surface area contributed by atoms with Crippen LogP contribution in [0.3, 0.4) is 0 Å². The van der Waals surface area contributed by atoms with Gasteiger partial charge in [-0.2, -0.15) is 0 Å². The Labute approximate surface area is 92.8 Å². The lowest BCUT2D eigenvalue weighted by Crippen LogP contribution is -2.04. The third kappa shape index (κ3) is 2.09. The van der Waals surface area contributed by atoms with Gasteiger partial charge in [-0.05, 0) is 24.3 Å². The van der Waals surface area contributed by atoms with Crippen LogP contribution < -0.4 is 11.5 Å². The zero-order chi connectivity index (χ0) is 11.5. The van der Waals surface area contributed by atoms with Gasteiger partial charge < -0.3 is 16.6 Å². The molecule has 5 heteroatoms. The van der Waals surface area contributed by atoms with Gasteiger partial charge in [0.05, 0.1) is 5.69 Å². The second kappa shape index (κ2) is 4.16. The quantitative estimate of drug-likeness (QED) is 0.692. The van der Waals surface area contributed by atoms with E-state index in [-0.39, 0.29) is 5.75 Å². The molecule has 0 saturated heterocycles. The minimum absolute atomic E-state index is 0.201. The Morgan fingerprint density at radius 1 is 1.12 bits per heavy atom. The summed E-state index contributed by atoms with van der Waals surface area (Å²) in [6.07, 6.45) is 0. The molecule has 2 rings (SSSR count). The van der Waals surface area contributed by atoms with Gasteiger partial charge in [0, 0.05) is 18.2 Å². The number of hydrogen-bond donors (Lipinski definition) is 3. The molecule has 5 N–H and O–H groups in total. The normalized spacial score (nSPS) is 10.3. The number of aromatic hydroxyl groups is 1. The van der Waals surface area contributed by atoms with E-state index >= 15 is 0 Å². The molecular formula is C11H12N4O. The van der Waals surface area contributed by atoms with Gasteiger partial charge in [-0.15, -0.1) is 0 Å². The number of rotatable bonds is 2. The van der Waals surface area contributed by atoms with Crippen molar-refractivity contribution in [3.8, 4) is 17.1 Å². The Kier molecular flexibility index (Phi) is 2.70. The van der Waals surface area contributed by atoms with Crippen LogP contribution in [-0.4, -0.2) is 15.1 Å². The number of phenols is 1. The molecule has 82 valence electrons. The highest BCUT2D eigenvalue weighted by Gasteiger charge is 2.04. The van der Waals surface area contributed by atoms with Crippen LogP contribution >= 0.6 is 0 Å². The topological polar surface area (TPSA) is 98.1 Å². The van der Waals surface area contributed by atoms with Gasteiger partial charge in [-0.3, -0.25) is 0 Å². The third-order valence-electron chi connectivity index (χ3n) is 2.13. The van der Waals surface area contributed by atoms with E-state index in [4.69, 9.17) is 11.5 Å². The van der Waals surface area contributed by atoms with Gasteiger partial charge in [0.2, 0.25) is 0 Å². The molecule has 0 radical (unpaired) electrons. The summed E-state index contributed by atoms with van der Waals surface area (Å²) < 4.78 is 0. The molecule has 5 nitrogen and oxygen atoms in total. The van der Waals surface area contributed by atoms with E-state index in [2.05, 4.69) is 9.97 Å². The first-order chi connectivity index (χ1) is 7.69. The Morgan fingerprint density at radius 3 is 2.44 bits per heavy atom. The molecule has 0 amide bonds. The summed E-state index contributed by atoms with van der Waals surface area (Å²) in [7, 11) is 0. The highest BCUT2D eigenvalue weighted by molar-refractivity contribution is 5.58. The first kappa shape index (κ1) is 10.4. The highest BCUT2D eigenvalue weighted by Crippen LogP contribution is 2.19. The van der Waals surface area contributed by atoms with Gasteiger partial charge >= 0.3 is 0 Å². The molecule has 0 unspecified atom stereocenters. The van der Waals surface area contributed by atoms with Crippen LogP contribution in [0, 0.1) is 0 Å². The first-order valence-corrected chi connectivity index (χ1v) is 4.82. The van der Waals surface area contributed by atoms with Gasteiger partial charge in [0.25, 0.3) is 0 Å². The van der Waals surface area contributed by atoms with Crippen LogP contribution in [0.1, 0.15) is 5.69 Å². The number of aromatic nitrogens is 2. The van der Waals surface area contributed by atoms with Crippen molar-refractivity contribution >= 4 is 5.82 Å². The van der Waals surface area contributed by atoms with Crippen molar-refractivity contribution in [1.29, 1.82) is 0 Å². The highest BCUT2D eigenvalue weighted by atomic mass is 16.3. The third-order valence-corrected chi connectivity index (χ3v) is 2.13. The minimum Gasteiger partial charge on any atom is -0.508 e. The van der Waals surface area contributed by atoms with Crippen molar-refractivity contribution in [3.05, 3.63) is 36.0 Å². The molecule has 0 spiro atoms. The van der Waals surface area contributed by atoms with Gasteiger partial charge in [0.1, 0.15) is 11.6 Å². The van der Waals surface area contributed by atoms with Crippen LogP contribution in [-0.2, 0) is 6.54 Å². The van der Waals surface area contributed by atoms with Crippen LogP contribution in [0.15, 0.2) is 30.3 Å². The van der Waals surface area contributed by atoms with Crippen molar-refractivity contribution in [2.45, 2.75) is 6.54 Å². The van der Waals surface area contributed by atoms with Crippen molar-refractivity contribution in [2.24, 2.45) is 5.73 Å². The Hall–Kier alpha value is -2.14. The predicted octanol–water partition coefficient (Wildman–Crippen LogP) is 0.890. The van der Waals surface area contributed by atoms with Crippen LogP contribution in [0.25, 0.3) is 11.4 Å². The number of nitrogen functional groups attached to an aromatic ring is 1. The summed E-state index contributed by atoms with van der Waals surface area (Å²) in [6, 6.07) is 8.24. The maximum Gasteiger partial charge on any atom is 0.161 e. The lowest BCUT2D eigenvalue weighted by Gasteiger charge is -2.04. The number of anilines is 1. The molecule has 1 heterocycles. The van der Waals surface area contributed by atoms with E-state index in [1.54, 1.807) is 30.3 Å². The van der Waals surface area contributed by atoms with Gasteiger partial charge in [-0.1, -0.05) is 0 Å². The van der Waals surface area contributed by atoms with E-state index in [9.17, 15) is 5.11 Å². The van der Waals surface area contributed by atoms with Crippen LogP contribution in [0.2, 0.25) is 0 Å². The van der Waals surface area contributed by atoms with Gasteiger partial charge in [-0.25, -0.2) is 9.97 Å². The fourth-order valence-corrected chi connectivity index (χ4v) is 1.36. The predicted molar refractivity (Wildman–Crippen MR) is 61.4 cm³/mol. The Balaban J connectivity index is 2.47. The minimum atomic E-state index is 0.201. The largest absolute Gasteiger partial charge is 0.508 e. The van der Waals surface area contributed by atoms with E-state index < -0.39 is 0 Å². The number of benzene rings is 1. The number of hydrogen-bond acceptors (Lipinski definition) is 5. The van der Waals surface area contributed by atoms with E-state index in [1.165, 1.54) is 0 Å². The summed E-state index contributed by atoms with van der Waals surface area (Å²) >= 11 is 0. The SMILES string of the molecule is NCc1cc(N)nc(-c2ccc(O)cc2)n1. The fraction of sp³-hybridized carbons (Fsp3) is 0.0909. The van der Waals surface area contributed by atoms with Crippen molar-refractivity contribution in [2.75, 3.05) is 5.73 Å². The molecule has 1 aromatic carbocycles. The molecule has 0 atom stereocenters. The molecule has 0 saturated carbocycles. The zero-order valence-electron chi connectivity index (χ0n) is 8.59. The molecule has 2 aromatic rings. The maximum atomic E-state index is 9.17. The Morgan fingerprint density at radius 2 is 1.81 bits per heavy atom. The standard InChI is InChI=1S/C11H12N4O/c12-6-8-5-10(13)15-11(14-8)7-1-3-9(16)4-2-7/h1-5,16H,6,12H2,(H2,13,14,15). The zero-order valence-corrected chi connectivity index (χ0v) is 8.59. The van der Waals surface area contributed by atoms with Crippen molar-refractivity contribution in [3.63, 3.8) is 0 Å². The average molecular weight is 216 g/mol. The Bertz CT molecular complexity index is 496. The van der Waals surface area contributed by atoms with E-state index in [0.717, 1.165) is 5.56 Å². The summed E-state index contributed by atoms with van der Waals surface area (Å²) in [5.41, 5.74) is 12.6. The van der Waals surface area contributed by atoms with Crippen LogP contribution in [0.4, 0.5) is 5.82 Å². The van der Waals surface area contributed by atoms with E-state index in [0.29, 0.717) is 23.9 Å². The smallest absolute Gasteiger partial charge is 0.161 e. The van der Waals surface area contributed by atoms with Crippen molar-refractivity contribution < 1.29 is 5.11 Å². The second-order valence-corrected chi connectivity index (χ2v) is 3.36. The molecule has 0 aliphatic carbocycles. The number of nitrogens with zero attached hydrogens (tertiary/aromatic N) is 2. The summed E-state index contributed by atoms with van der Waals surface area (Å²) in [5, 5.41) is 9.17. The summed E-state index contributed by atoms with van der Waals surface area (Å²) in [4.78, 5) is 8.37. The average Bonchev–Trinajstić information content (AvgIpc) is 2.29. The summed E-state index contributed by atoms with van der Waals surface area (Å²) in [6.45, 7) is 0.317. The lowest BCUT2D eigenvalue weighted by atomic mass is 10.2. The number of phenolic OH excluding ortho intramolecular Hbond substituents is 1. The van der Waals surface area contributed by atoms with Crippen molar-refractivity contribution in [1.82, 2.24) is 9.97 Å². The molecule has 0 fully saturated rings. The van der Waals surface area contributed by atoms with Crippen LogP contribution in [0.5, 0.6) is 5.75 Å². The maximum absolute atomic E-state index is 9.17. The monoisotopic (exact) mass is 216 g/mol. The molecular weight excluding hydrogens is 204 g/mol. The number of nitrogens with two attached hydrogens (primary N) is 2. The fourth-order valence-electron chi connectivity index (χ4n) is 1.36. The lowest BCUT2D eigenvalue weighted by molar-refractivity contribution is 0.475. The summed E-state index contributed by atoms with van der Waals surface area (Å²) in [5.74, 6) is 1.10. The second-order valence-electron chi connectivity index (χ2n) is 3.36. The molecule has 0 bridgehead atoms. The molecule has 16 heavy (non-hydrogen) atoms.